The molecule has 2 aliphatic heterocycles. The highest BCUT2D eigenvalue weighted by Gasteiger charge is 2.23. The van der Waals surface area contributed by atoms with E-state index in [0.717, 1.165) is 45.6 Å². The SMILES string of the molecule is O=S(=O)(CC1CCNC1)NCC1CCOCC1. The molecule has 0 aromatic rings. The van der Waals surface area contributed by atoms with Crippen molar-refractivity contribution >= 4 is 10.0 Å². The van der Waals surface area contributed by atoms with Crippen LogP contribution in [0.5, 0.6) is 0 Å². The Kier molecular flexibility index (Phi) is 4.78. The van der Waals surface area contributed by atoms with Crippen molar-refractivity contribution in [1.82, 2.24) is 10.0 Å². The first-order valence-electron chi connectivity index (χ1n) is 6.41. The third-order valence-electron chi connectivity index (χ3n) is 3.55. The third-order valence-corrected chi connectivity index (χ3v) is 5.07. The smallest absolute Gasteiger partial charge is 0.211 e. The summed E-state index contributed by atoms with van der Waals surface area (Å²) in [7, 11) is -3.10. The predicted molar refractivity (Wildman–Crippen MR) is 66.3 cm³/mol. The molecule has 2 aliphatic rings. The largest absolute Gasteiger partial charge is 0.381 e. The van der Waals surface area contributed by atoms with Gasteiger partial charge in [-0.2, -0.15) is 0 Å². The molecule has 1 atom stereocenters. The van der Waals surface area contributed by atoms with E-state index >= 15 is 0 Å². The fourth-order valence-electron chi connectivity index (χ4n) is 2.42. The van der Waals surface area contributed by atoms with Crippen LogP contribution in [0.25, 0.3) is 0 Å². The van der Waals surface area contributed by atoms with Gasteiger partial charge in [-0.15, -0.1) is 0 Å². The van der Waals surface area contributed by atoms with E-state index in [1.165, 1.54) is 0 Å². The van der Waals surface area contributed by atoms with Crippen LogP contribution < -0.4 is 10.0 Å². The van der Waals surface area contributed by atoms with E-state index in [1.807, 2.05) is 0 Å². The van der Waals surface area contributed by atoms with E-state index in [0.29, 0.717) is 12.5 Å². The van der Waals surface area contributed by atoms with E-state index < -0.39 is 10.0 Å². The maximum Gasteiger partial charge on any atom is 0.211 e. The van der Waals surface area contributed by atoms with Crippen molar-refractivity contribution in [2.75, 3.05) is 38.6 Å². The summed E-state index contributed by atoms with van der Waals surface area (Å²) in [6.45, 7) is 3.88. The molecule has 0 bridgehead atoms. The number of rotatable bonds is 5. The highest BCUT2D eigenvalue weighted by atomic mass is 32.2. The molecule has 17 heavy (non-hydrogen) atoms. The second kappa shape index (κ2) is 6.13. The summed E-state index contributed by atoms with van der Waals surface area (Å²) in [5.74, 6) is 0.992. The van der Waals surface area contributed by atoms with Crippen molar-refractivity contribution in [3.05, 3.63) is 0 Å². The normalized spacial score (nSPS) is 27.4. The van der Waals surface area contributed by atoms with Crippen LogP contribution in [0.4, 0.5) is 0 Å². The summed E-state index contributed by atoms with van der Waals surface area (Å²) in [4.78, 5) is 0. The molecule has 6 heteroatoms. The molecule has 2 fully saturated rings. The standard InChI is InChI=1S/C11H22N2O3S/c14-17(15,9-11-1-4-12-7-11)13-8-10-2-5-16-6-3-10/h10-13H,1-9H2. The number of ether oxygens (including phenoxy) is 1. The molecular formula is C11H22N2O3S. The van der Waals surface area contributed by atoms with Crippen LogP contribution in [-0.4, -0.2) is 47.0 Å². The van der Waals surface area contributed by atoms with Gasteiger partial charge < -0.3 is 10.1 Å². The Labute approximate surface area is 103 Å². The quantitative estimate of drug-likeness (QED) is 0.728. The van der Waals surface area contributed by atoms with Crippen molar-refractivity contribution in [3.8, 4) is 0 Å². The molecule has 0 saturated carbocycles. The summed E-state index contributed by atoms with van der Waals surface area (Å²) in [6, 6.07) is 0. The summed E-state index contributed by atoms with van der Waals surface area (Å²) >= 11 is 0. The van der Waals surface area contributed by atoms with Gasteiger partial charge in [0.2, 0.25) is 10.0 Å². The molecule has 0 amide bonds. The average molecular weight is 262 g/mol. The molecular weight excluding hydrogens is 240 g/mol. The van der Waals surface area contributed by atoms with Crippen molar-refractivity contribution in [3.63, 3.8) is 0 Å². The molecule has 0 aromatic heterocycles. The molecule has 5 nitrogen and oxygen atoms in total. The van der Waals surface area contributed by atoms with E-state index in [1.54, 1.807) is 0 Å². The Bertz CT molecular complexity index is 320. The maximum absolute atomic E-state index is 11.9. The Morgan fingerprint density at radius 1 is 1.18 bits per heavy atom. The van der Waals surface area contributed by atoms with Crippen LogP contribution in [0.3, 0.4) is 0 Å². The zero-order valence-corrected chi connectivity index (χ0v) is 11.0. The van der Waals surface area contributed by atoms with Crippen molar-refractivity contribution in [2.45, 2.75) is 19.3 Å². The summed E-state index contributed by atoms with van der Waals surface area (Å²) in [5, 5.41) is 3.19. The Morgan fingerprint density at radius 3 is 2.59 bits per heavy atom. The number of hydrogen-bond donors (Lipinski definition) is 2. The fraction of sp³-hybridized carbons (Fsp3) is 1.00. The first-order chi connectivity index (χ1) is 8.16. The zero-order chi connectivity index (χ0) is 12.1. The lowest BCUT2D eigenvalue weighted by Crippen LogP contribution is -2.35. The summed E-state index contributed by atoms with van der Waals surface area (Å²) in [5.41, 5.74) is 0. The fourth-order valence-corrected chi connectivity index (χ4v) is 3.93. The Balaban J connectivity index is 1.72. The second-order valence-corrected chi connectivity index (χ2v) is 6.90. The second-order valence-electron chi connectivity index (χ2n) is 5.04. The van der Waals surface area contributed by atoms with Gasteiger partial charge in [0.05, 0.1) is 5.75 Å². The van der Waals surface area contributed by atoms with Crippen LogP contribution in [-0.2, 0) is 14.8 Å². The van der Waals surface area contributed by atoms with Gasteiger partial charge in [0, 0.05) is 19.8 Å². The zero-order valence-electron chi connectivity index (χ0n) is 10.2. The molecule has 1 unspecified atom stereocenters. The third kappa shape index (κ3) is 4.54. The highest BCUT2D eigenvalue weighted by molar-refractivity contribution is 7.89. The van der Waals surface area contributed by atoms with Gasteiger partial charge in [-0.05, 0) is 44.2 Å². The number of nitrogens with one attached hydrogen (secondary N) is 2. The lowest BCUT2D eigenvalue weighted by Gasteiger charge is -2.22. The average Bonchev–Trinajstić information content (AvgIpc) is 2.80. The molecule has 2 heterocycles. The van der Waals surface area contributed by atoms with Gasteiger partial charge in [0.15, 0.2) is 0 Å². The van der Waals surface area contributed by atoms with Gasteiger partial charge in [-0.1, -0.05) is 0 Å². The minimum absolute atomic E-state index is 0.267. The molecule has 2 rings (SSSR count). The minimum atomic E-state index is -3.10. The van der Waals surface area contributed by atoms with Crippen LogP contribution in [0.2, 0.25) is 0 Å². The minimum Gasteiger partial charge on any atom is -0.381 e. The number of hydrogen-bond acceptors (Lipinski definition) is 4. The molecule has 0 aromatic carbocycles. The Hall–Kier alpha value is -0.170. The molecule has 0 aliphatic carbocycles. The van der Waals surface area contributed by atoms with E-state index in [-0.39, 0.29) is 11.7 Å². The molecule has 2 N–H and O–H groups in total. The monoisotopic (exact) mass is 262 g/mol. The van der Waals surface area contributed by atoms with Gasteiger partial charge in [-0.25, -0.2) is 13.1 Å². The predicted octanol–water partition coefficient (Wildman–Crippen LogP) is -0.0581. The van der Waals surface area contributed by atoms with Gasteiger partial charge in [0.25, 0.3) is 0 Å². The first kappa shape index (κ1) is 13.3. The van der Waals surface area contributed by atoms with Gasteiger partial charge >= 0.3 is 0 Å². The maximum atomic E-state index is 11.9. The van der Waals surface area contributed by atoms with Crippen molar-refractivity contribution in [2.24, 2.45) is 11.8 Å². The van der Waals surface area contributed by atoms with Gasteiger partial charge in [-0.3, -0.25) is 0 Å². The highest BCUT2D eigenvalue weighted by Crippen LogP contribution is 2.14. The molecule has 0 radical (unpaired) electrons. The van der Waals surface area contributed by atoms with E-state index in [2.05, 4.69) is 10.0 Å². The number of sulfonamides is 1. The van der Waals surface area contributed by atoms with Crippen molar-refractivity contribution in [1.29, 1.82) is 0 Å². The van der Waals surface area contributed by atoms with E-state index in [9.17, 15) is 8.42 Å². The topological polar surface area (TPSA) is 67.4 Å². The summed E-state index contributed by atoms with van der Waals surface area (Å²) in [6.07, 6.45) is 2.90. The lowest BCUT2D eigenvalue weighted by atomic mass is 10.0. The first-order valence-corrected chi connectivity index (χ1v) is 8.07. The van der Waals surface area contributed by atoms with Crippen LogP contribution in [0.15, 0.2) is 0 Å². The van der Waals surface area contributed by atoms with Crippen LogP contribution >= 0.6 is 0 Å². The lowest BCUT2D eigenvalue weighted by molar-refractivity contribution is 0.0678. The molecule has 2 saturated heterocycles. The van der Waals surface area contributed by atoms with Crippen LogP contribution in [0, 0.1) is 11.8 Å². The molecule has 100 valence electrons. The van der Waals surface area contributed by atoms with Gasteiger partial charge in [0.1, 0.15) is 0 Å². The summed E-state index contributed by atoms with van der Waals surface area (Å²) < 4.78 is 31.7. The Morgan fingerprint density at radius 2 is 1.94 bits per heavy atom. The molecule has 0 spiro atoms. The van der Waals surface area contributed by atoms with Crippen LogP contribution in [0.1, 0.15) is 19.3 Å². The van der Waals surface area contributed by atoms with E-state index in [4.69, 9.17) is 4.74 Å². The van der Waals surface area contributed by atoms with Crippen molar-refractivity contribution < 1.29 is 13.2 Å².